The largest absolute Gasteiger partial charge is 0.504 e. The first-order valence-corrected chi connectivity index (χ1v) is 5.08. The van der Waals surface area contributed by atoms with E-state index in [4.69, 9.17) is 5.73 Å². The highest BCUT2D eigenvalue weighted by atomic mass is 19.1. The van der Waals surface area contributed by atoms with Gasteiger partial charge in [0.25, 0.3) is 5.91 Å². The summed E-state index contributed by atoms with van der Waals surface area (Å²) in [7, 11) is 0. The summed E-state index contributed by atoms with van der Waals surface area (Å²) >= 11 is 0. The minimum absolute atomic E-state index is 0.00818. The van der Waals surface area contributed by atoms with E-state index in [1.807, 2.05) is 0 Å². The SMILES string of the molecule is Nc1ccc(F)cc1C(=O)Nc1ncccc1O. The van der Waals surface area contributed by atoms with Gasteiger partial charge in [0.15, 0.2) is 11.6 Å². The number of halogens is 1. The molecule has 92 valence electrons. The number of nitrogen functional groups attached to an aromatic ring is 1. The fourth-order valence-corrected chi connectivity index (χ4v) is 1.39. The van der Waals surface area contributed by atoms with Gasteiger partial charge in [-0.05, 0) is 30.3 Å². The molecule has 0 radical (unpaired) electrons. The molecule has 1 amide bonds. The number of nitrogens with one attached hydrogen (secondary N) is 1. The number of carbonyl (C=O) groups excluding carboxylic acids is 1. The Labute approximate surface area is 102 Å². The third-order valence-corrected chi connectivity index (χ3v) is 2.28. The molecule has 6 heteroatoms. The number of amides is 1. The van der Waals surface area contributed by atoms with Crippen LogP contribution in [0.4, 0.5) is 15.9 Å². The molecule has 1 heterocycles. The third kappa shape index (κ3) is 2.37. The number of anilines is 2. The molecule has 4 N–H and O–H groups in total. The van der Waals surface area contributed by atoms with Crippen molar-refractivity contribution in [2.75, 3.05) is 11.1 Å². The molecule has 0 unspecified atom stereocenters. The Morgan fingerprint density at radius 1 is 1.39 bits per heavy atom. The summed E-state index contributed by atoms with van der Waals surface area (Å²) in [5, 5.41) is 11.8. The number of nitrogens with two attached hydrogens (primary N) is 1. The monoisotopic (exact) mass is 247 g/mol. The van der Waals surface area contributed by atoms with Crippen molar-refractivity contribution in [2.24, 2.45) is 0 Å². The quantitative estimate of drug-likeness (QED) is 0.705. The lowest BCUT2D eigenvalue weighted by molar-refractivity contribution is 0.102. The van der Waals surface area contributed by atoms with Gasteiger partial charge in [-0.15, -0.1) is 0 Å². The van der Waals surface area contributed by atoms with E-state index in [1.54, 1.807) is 0 Å². The molecule has 2 rings (SSSR count). The number of pyridine rings is 1. The molecule has 0 aliphatic heterocycles. The summed E-state index contributed by atoms with van der Waals surface area (Å²) < 4.78 is 13.0. The first-order chi connectivity index (χ1) is 8.58. The molecule has 1 aromatic heterocycles. The lowest BCUT2D eigenvalue weighted by Gasteiger charge is -2.07. The second-order valence-corrected chi connectivity index (χ2v) is 3.56. The maximum absolute atomic E-state index is 13.0. The first-order valence-electron chi connectivity index (χ1n) is 5.08. The van der Waals surface area contributed by atoms with Crippen molar-refractivity contribution in [1.82, 2.24) is 4.98 Å². The van der Waals surface area contributed by atoms with E-state index >= 15 is 0 Å². The van der Waals surface area contributed by atoms with Gasteiger partial charge in [-0.25, -0.2) is 9.37 Å². The summed E-state index contributed by atoms with van der Waals surface area (Å²) in [5.74, 6) is -1.40. The molecule has 0 spiro atoms. The van der Waals surface area contributed by atoms with Gasteiger partial charge in [-0.1, -0.05) is 0 Å². The Kier molecular flexibility index (Phi) is 3.09. The van der Waals surface area contributed by atoms with E-state index in [2.05, 4.69) is 10.3 Å². The average Bonchev–Trinajstić information content (AvgIpc) is 2.35. The average molecular weight is 247 g/mol. The minimum atomic E-state index is -0.638. The summed E-state index contributed by atoms with van der Waals surface area (Å²) in [5.41, 5.74) is 5.70. The highest BCUT2D eigenvalue weighted by Crippen LogP contribution is 2.21. The number of aromatic nitrogens is 1. The molecule has 5 nitrogen and oxygen atoms in total. The van der Waals surface area contributed by atoms with E-state index in [9.17, 15) is 14.3 Å². The van der Waals surface area contributed by atoms with Crippen LogP contribution in [0.1, 0.15) is 10.4 Å². The van der Waals surface area contributed by atoms with Crippen molar-refractivity contribution in [3.05, 3.63) is 47.9 Å². The number of rotatable bonds is 2. The van der Waals surface area contributed by atoms with E-state index in [0.717, 1.165) is 12.1 Å². The number of carbonyl (C=O) groups is 1. The molecular formula is C12H10FN3O2. The van der Waals surface area contributed by atoms with E-state index in [1.165, 1.54) is 24.4 Å². The molecule has 0 atom stereocenters. The van der Waals surface area contributed by atoms with Crippen LogP contribution in [-0.4, -0.2) is 16.0 Å². The molecule has 2 aromatic rings. The Morgan fingerprint density at radius 3 is 2.89 bits per heavy atom. The standard InChI is InChI=1S/C12H10FN3O2/c13-7-3-4-9(14)8(6-7)12(18)16-11-10(17)2-1-5-15-11/h1-6,17H,14H2,(H,15,16,18). The zero-order valence-corrected chi connectivity index (χ0v) is 9.22. The maximum atomic E-state index is 13.0. The molecule has 0 aliphatic rings. The summed E-state index contributed by atoms with van der Waals surface area (Å²) in [6.45, 7) is 0. The second kappa shape index (κ2) is 4.70. The normalized spacial score (nSPS) is 10.1. The first kappa shape index (κ1) is 11.8. The van der Waals surface area contributed by atoms with Crippen LogP contribution in [0.2, 0.25) is 0 Å². The molecule has 0 saturated heterocycles. The summed E-state index contributed by atoms with van der Waals surface area (Å²) in [4.78, 5) is 15.6. The predicted octanol–water partition coefficient (Wildman–Crippen LogP) is 1.76. The van der Waals surface area contributed by atoms with Crippen LogP contribution in [0.25, 0.3) is 0 Å². The zero-order valence-electron chi connectivity index (χ0n) is 9.22. The van der Waals surface area contributed by atoms with Crippen LogP contribution in [0.5, 0.6) is 5.75 Å². The lowest BCUT2D eigenvalue weighted by atomic mass is 10.1. The van der Waals surface area contributed by atoms with Gasteiger partial charge in [0, 0.05) is 11.9 Å². The van der Waals surface area contributed by atoms with E-state index in [0.29, 0.717) is 0 Å². The Hall–Kier alpha value is -2.63. The van der Waals surface area contributed by atoms with Gasteiger partial charge in [0.1, 0.15) is 5.82 Å². The van der Waals surface area contributed by atoms with Gasteiger partial charge in [0.2, 0.25) is 0 Å². The third-order valence-electron chi connectivity index (χ3n) is 2.28. The van der Waals surface area contributed by atoms with Crippen molar-refractivity contribution in [3.63, 3.8) is 0 Å². The summed E-state index contributed by atoms with van der Waals surface area (Å²) in [6, 6.07) is 6.36. The number of benzene rings is 1. The van der Waals surface area contributed by atoms with Crippen LogP contribution < -0.4 is 11.1 Å². The zero-order chi connectivity index (χ0) is 13.1. The molecule has 18 heavy (non-hydrogen) atoms. The molecular weight excluding hydrogens is 237 g/mol. The topological polar surface area (TPSA) is 88.2 Å². The highest BCUT2D eigenvalue weighted by molar-refractivity contribution is 6.07. The van der Waals surface area contributed by atoms with Crippen LogP contribution in [0, 0.1) is 5.82 Å². The van der Waals surface area contributed by atoms with Crippen LogP contribution in [0.15, 0.2) is 36.5 Å². The van der Waals surface area contributed by atoms with Crippen LogP contribution in [-0.2, 0) is 0 Å². The number of hydrogen-bond acceptors (Lipinski definition) is 4. The fraction of sp³-hybridized carbons (Fsp3) is 0. The molecule has 0 aliphatic carbocycles. The van der Waals surface area contributed by atoms with Gasteiger partial charge in [-0.2, -0.15) is 0 Å². The Bertz CT molecular complexity index is 602. The fourth-order valence-electron chi connectivity index (χ4n) is 1.39. The van der Waals surface area contributed by atoms with E-state index < -0.39 is 11.7 Å². The molecule has 0 saturated carbocycles. The molecule has 1 aromatic carbocycles. The van der Waals surface area contributed by atoms with E-state index in [-0.39, 0.29) is 22.8 Å². The highest BCUT2D eigenvalue weighted by Gasteiger charge is 2.13. The van der Waals surface area contributed by atoms with Gasteiger partial charge >= 0.3 is 0 Å². The number of hydrogen-bond donors (Lipinski definition) is 3. The van der Waals surface area contributed by atoms with Crippen molar-refractivity contribution >= 4 is 17.4 Å². The van der Waals surface area contributed by atoms with Gasteiger partial charge in [-0.3, -0.25) is 4.79 Å². The maximum Gasteiger partial charge on any atom is 0.259 e. The van der Waals surface area contributed by atoms with Crippen molar-refractivity contribution in [1.29, 1.82) is 0 Å². The molecule has 0 fully saturated rings. The minimum Gasteiger partial charge on any atom is -0.504 e. The smallest absolute Gasteiger partial charge is 0.259 e. The Balaban J connectivity index is 2.28. The van der Waals surface area contributed by atoms with Gasteiger partial charge < -0.3 is 16.2 Å². The van der Waals surface area contributed by atoms with Crippen LogP contribution >= 0.6 is 0 Å². The number of nitrogens with zero attached hydrogens (tertiary/aromatic N) is 1. The van der Waals surface area contributed by atoms with Crippen molar-refractivity contribution in [3.8, 4) is 5.75 Å². The van der Waals surface area contributed by atoms with Crippen LogP contribution in [0.3, 0.4) is 0 Å². The lowest BCUT2D eigenvalue weighted by Crippen LogP contribution is -2.15. The summed E-state index contributed by atoms with van der Waals surface area (Å²) in [6.07, 6.45) is 1.41. The van der Waals surface area contributed by atoms with Crippen molar-refractivity contribution in [2.45, 2.75) is 0 Å². The second-order valence-electron chi connectivity index (χ2n) is 3.56. The Morgan fingerprint density at radius 2 is 2.17 bits per heavy atom. The molecule has 0 bridgehead atoms. The van der Waals surface area contributed by atoms with Gasteiger partial charge in [0.05, 0.1) is 5.56 Å². The predicted molar refractivity (Wildman–Crippen MR) is 64.7 cm³/mol. The van der Waals surface area contributed by atoms with Crippen molar-refractivity contribution < 1.29 is 14.3 Å². The number of aromatic hydroxyl groups is 1.